The molecular formula is C15H24BrN3O. The third kappa shape index (κ3) is 4.89. The van der Waals surface area contributed by atoms with Gasteiger partial charge in [-0.3, -0.25) is 4.79 Å². The van der Waals surface area contributed by atoms with Gasteiger partial charge in [-0.1, -0.05) is 41.9 Å². The summed E-state index contributed by atoms with van der Waals surface area (Å²) in [5.74, 6) is -0.353. The molecule has 0 aliphatic carbocycles. The third-order valence-electron chi connectivity index (χ3n) is 3.42. The Morgan fingerprint density at radius 3 is 2.55 bits per heavy atom. The zero-order valence-electron chi connectivity index (χ0n) is 12.4. The van der Waals surface area contributed by atoms with E-state index < -0.39 is 6.04 Å². The first-order chi connectivity index (χ1) is 9.49. The van der Waals surface area contributed by atoms with E-state index in [4.69, 9.17) is 5.73 Å². The normalized spacial score (nSPS) is 12.7. The van der Waals surface area contributed by atoms with Crippen LogP contribution in [0.4, 0.5) is 0 Å². The quantitative estimate of drug-likeness (QED) is 0.762. The first-order valence-corrected chi connectivity index (χ1v) is 7.80. The van der Waals surface area contributed by atoms with Gasteiger partial charge >= 0.3 is 0 Å². The molecule has 5 heteroatoms. The smallest absolute Gasteiger partial charge is 0.239 e. The highest BCUT2D eigenvalue weighted by molar-refractivity contribution is 9.10. The van der Waals surface area contributed by atoms with Crippen LogP contribution in [0.3, 0.4) is 0 Å². The van der Waals surface area contributed by atoms with Crippen molar-refractivity contribution >= 4 is 21.8 Å². The standard InChI is InChI=1S/C15H24BrN3O/c1-4-19(5-2)9-8-18-14(15(17)20)12-7-6-11(3)10-13(12)16/h6-7,10,14,18H,4-5,8-9H2,1-3H3,(H2,17,20). The van der Waals surface area contributed by atoms with E-state index in [0.717, 1.165) is 41.8 Å². The van der Waals surface area contributed by atoms with Crippen LogP contribution in [0.5, 0.6) is 0 Å². The van der Waals surface area contributed by atoms with Gasteiger partial charge in [0.25, 0.3) is 0 Å². The molecular weight excluding hydrogens is 318 g/mol. The Morgan fingerprint density at radius 1 is 1.40 bits per heavy atom. The van der Waals surface area contributed by atoms with Crippen LogP contribution in [0.2, 0.25) is 0 Å². The number of aryl methyl sites for hydroxylation is 1. The molecule has 1 amide bonds. The predicted octanol–water partition coefficient (Wildman–Crippen LogP) is 2.22. The van der Waals surface area contributed by atoms with E-state index in [0.29, 0.717) is 0 Å². The lowest BCUT2D eigenvalue weighted by Crippen LogP contribution is -2.39. The van der Waals surface area contributed by atoms with Crippen LogP contribution < -0.4 is 11.1 Å². The molecule has 0 saturated carbocycles. The monoisotopic (exact) mass is 341 g/mol. The molecule has 1 aromatic rings. The van der Waals surface area contributed by atoms with Gasteiger partial charge in [-0.25, -0.2) is 0 Å². The van der Waals surface area contributed by atoms with Gasteiger partial charge in [0.2, 0.25) is 5.91 Å². The number of nitrogens with one attached hydrogen (secondary N) is 1. The highest BCUT2D eigenvalue weighted by Crippen LogP contribution is 2.24. The van der Waals surface area contributed by atoms with Gasteiger partial charge < -0.3 is 16.0 Å². The van der Waals surface area contributed by atoms with Crippen LogP contribution in [-0.2, 0) is 4.79 Å². The number of primary amides is 1. The van der Waals surface area contributed by atoms with Crippen LogP contribution in [0.1, 0.15) is 31.0 Å². The first kappa shape index (κ1) is 17.1. The van der Waals surface area contributed by atoms with Crippen molar-refractivity contribution in [2.24, 2.45) is 5.73 Å². The van der Waals surface area contributed by atoms with Crippen molar-refractivity contribution in [2.75, 3.05) is 26.2 Å². The van der Waals surface area contributed by atoms with Crippen molar-refractivity contribution in [3.8, 4) is 0 Å². The molecule has 0 fully saturated rings. The Morgan fingerprint density at radius 2 is 2.05 bits per heavy atom. The largest absolute Gasteiger partial charge is 0.368 e. The van der Waals surface area contributed by atoms with E-state index in [2.05, 4.69) is 40.0 Å². The molecule has 0 heterocycles. The van der Waals surface area contributed by atoms with Gasteiger partial charge in [0.15, 0.2) is 0 Å². The summed E-state index contributed by atoms with van der Waals surface area (Å²) < 4.78 is 0.914. The second kappa shape index (κ2) is 8.39. The lowest BCUT2D eigenvalue weighted by molar-refractivity contribution is -0.120. The van der Waals surface area contributed by atoms with Crippen molar-refractivity contribution in [3.63, 3.8) is 0 Å². The Hall–Kier alpha value is -0.910. The number of halogens is 1. The summed E-state index contributed by atoms with van der Waals surface area (Å²) in [7, 11) is 0. The maximum atomic E-state index is 11.7. The van der Waals surface area contributed by atoms with Crippen molar-refractivity contribution in [1.29, 1.82) is 0 Å². The average Bonchev–Trinajstić information content (AvgIpc) is 2.40. The molecule has 0 aliphatic heterocycles. The molecule has 1 aromatic carbocycles. The van der Waals surface area contributed by atoms with Crippen molar-refractivity contribution in [2.45, 2.75) is 26.8 Å². The zero-order chi connectivity index (χ0) is 15.1. The molecule has 0 aliphatic rings. The summed E-state index contributed by atoms with van der Waals surface area (Å²) in [6, 6.07) is 5.47. The molecule has 1 rings (SSSR count). The molecule has 112 valence electrons. The van der Waals surface area contributed by atoms with Crippen molar-refractivity contribution in [1.82, 2.24) is 10.2 Å². The van der Waals surface area contributed by atoms with Gasteiger partial charge in [-0.05, 0) is 37.2 Å². The molecule has 0 radical (unpaired) electrons. The predicted molar refractivity (Wildman–Crippen MR) is 86.6 cm³/mol. The fourth-order valence-corrected chi connectivity index (χ4v) is 2.86. The second-order valence-electron chi connectivity index (χ2n) is 4.84. The Labute approximate surface area is 129 Å². The molecule has 0 spiro atoms. The third-order valence-corrected chi connectivity index (χ3v) is 4.11. The summed E-state index contributed by atoms with van der Waals surface area (Å²) in [6.45, 7) is 9.93. The van der Waals surface area contributed by atoms with E-state index in [9.17, 15) is 4.79 Å². The number of benzene rings is 1. The summed E-state index contributed by atoms with van der Waals surface area (Å²) in [4.78, 5) is 14.0. The number of amides is 1. The number of carbonyl (C=O) groups excluding carboxylic acids is 1. The molecule has 3 N–H and O–H groups in total. The highest BCUT2D eigenvalue weighted by atomic mass is 79.9. The Bertz CT molecular complexity index is 447. The minimum absolute atomic E-state index is 0.353. The fraction of sp³-hybridized carbons (Fsp3) is 0.533. The minimum Gasteiger partial charge on any atom is -0.368 e. The fourth-order valence-electron chi connectivity index (χ4n) is 2.14. The second-order valence-corrected chi connectivity index (χ2v) is 5.70. The highest BCUT2D eigenvalue weighted by Gasteiger charge is 2.19. The average molecular weight is 342 g/mol. The molecule has 0 saturated heterocycles. The Kier molecular flexibility index (Phi) is 7.19. The molecule has 1 unspecified atom stereocenters. The summed E-state index contributed by atoms with van der Waals surface area (Å²) >= 11 is 3.51. The number of rotatable bonds is 8. The topological polar surface area (TPSA) is 58.4 Å². The Balaban J connectivity index is 2.72. The van der Waals surface area contributed by atoms with Gasteiger partial charge in [-0.2, -0.15) is 0 Å². The number of nitrogens with zero attached hydrogens (tertiary/aromatic N) is 1. The van der Waals surface area contributed by atoms with Gasteiger partial charge in [0.05, 0.1) is 0 Å². The minimum atomic E-state index is -0.458. The molecule has 1 atom stereocenters. The lowest BCUT2D eigenvalue weighted by Gasteiger charge is -2.22. The van der Waals surface area contributed by atoms with Gasteiger partial charge in [0.1, 0.15) is 6.04 Å². The zero-order valence-corrected chi connectivity index (χ0v) is 14.0. The van der Waals surface area contributed by atoms with Crippen molar-refractivity contribution in [3.05, 3.63) is 33.8 Å². The number of nitrogens with two attached hydrogens (primary N) is 1. The van der Waals surface area contributed by atoms with Gasteiger partial charge in [0, 0.05) is 17.6 Å². The number of hydrogen-bond acceptors (Lipinski definition) is 3. The van der Waals surface area contributed by atoms with E-state index in [1.165, 1.54) is 0 Å². The van der Waals surface area contributed by atoms with Gasteiger partial charge in [-0.15, -0.1) is 0 Å². The maximum Gasteiger partial charge on any atom is 0.239 e. The van der Waals surface area contributed by atoms with E-state index in [-0.39, 0.29) is 5.91 Å². The van der Waals surface area contributed by atoms with E-state index in [1.807, 2.05) is 25.1 Å². The van der Waals surface area contributed by atoms with Crippen LogP contribution >= 0.6 is 15.9 Å². The van der Waals surface area contributed by atoms with E-state index in [1.54, 1.807) is 0 Å². The molecule has 0 aromatic heterocycles. The maximum absolute atomic E-state index is 11.7. The van der Waals surface area contributed by atoms with Crippen LogP contribution in [-0.4, -0.2) is 37.0 Å². The summed E-state index contributed by atoms with van der Waals surface area (Å²) in [5, 5.41) is 3.25. The van der Waals surface area contributed by atoms with Crippen LogP contribution in [0.15, 0.2) is 22.7 Å². The lowest BCUT2D eigenvalue weighted by atomic mass is 10.0. The van der Waals surface area contributed by atoms with E-state index >= 15 is 0 Å². The first-order valence-electron chi connectivity index (χ1n) is 7.00. The van der Waals surface area contributed by atoms with Crippen LogP contribution in [0, 0.1) is 6.92 Å². The van der Waals surface area contributed by atoms with Crippen molar-refractivity contribution < 1.29 is 4.79 Å². The molecule has 20 heavy (non-hydrogen) atoms. The SMILES string of the molecule is CCN(CC)CCNC(C(N)=O)c1ccc(C)cc1Br. The number of carbonyl (C=O) groups is 1. The summed E-state index contributed by atoms with van der Waals surface area (Å²) in [6.07, 6.45) is 0. The molecule has 4 nitrogen and oxygen atoms in total. The summed E-state index contributed by atoms with van der Waals surface area (Å²) in [5.41, 5.74) is 7.56. The number of likely N-dealkylation sites (N-methyl/N-ethyl adjacent to an activating group) is 1. The number of hydrogen-bond donors (Lipinski definition) is 2. The molecule has 0 bridgehead atoms. The van der Waals surface area contributed by atoms with Crippen LogP contribution in [0.25, 0.3) is 0 Å².